The maximum Gasteiger partial charge on any atom is 0.115 e. The van der Waals surface area contributed by atoms with Crippen LogP contribution in [-0.2, 0) is 12.8 Å². The van der Waals surface area contributed by atoms with Crippen LogP contribution in [0.3, 0.4) is 0 Å². The summed E-state index contributed by atoms with van der Waals surface area (Å²) < 4.78 is 0. The van der Waals surface area contributed by atoms with E-state index in [1.165, 1.54) is 0 Å². The van der Waals surface area contributed by atoms with Gasteiger partial charge in [-0.15, -0.1) is 0 Å². The van der Waals surface area contributed by atoms with Gasteiger partial charge in [0.15, 0.2) is 0 Å². The zero-order chi connectivity index (χ0) is 14.8. The Kier molecular flexibility index (Phi) is 7.17. The second kappa shape index (κ2) is 8.96. The van der Waals surface area contributed by atoms with E-state index in [4.69, 9.17) is 20.4 Å². The average molecular weight is 276 g/mol. The molecule has 2 rings (SSSR count). The predicted molar refractivity (Wildman–Crippen MR) is 77.8 cm³/mol. The first-order chi connectivity index (χ1) is 9.65. The molecule has 0 fully saturated rings. The van der Waals surface area contributed by atoms with Gasteiger partial charge in [-0.1, -0.05) is 24.3 Å². The monoisotopic (exact) mass is 276 g/mol. The van der Waals surface area contributed by atoms with Gasteiger partial charge in [-0.3, -0.25) is 0 Å². The first-order valence-electron chi connectivity index (χ1n) is 6.43. The number of aromatic hydroxyl groups is 2. The van der Waals surface area contributed by atoms with E-state index in [-0.39, 0.29) is 24.7 Å². The molecule has 0 aliphatic rings. The summed E-state index contributed by atoms with van der Waals surface area (Å²) in [7, 11) is 0. The van der Waals surface area contributed by atoms with Crippen LogP contribution in [0.5, 0.6) is 11.5 Å². The summed E-state index contributed by atoms with van der Waals surface area (Å²) in [6, 6.07) is 13.7. The first-order valence-corrected chi connectivity index (χ1v) is 6.43. The first kappa shape index (κ1) is 16.0. The second-order valence-electron chi connectivity index (χ2n) is 4.28. The number of hydrogen-bond acceptors (Lipinski definition) is 4. The molecule has 0 aliphatic heterocycles. The van der Waals surface area contributed by atoms with Crippen LogP contribution in [0, 0.1) is 0 Å². The average Bonchev–Trinajstić information content (AvgIpc) is 2.45. The zero-order valence-corrected chi connectivity index (χ0v) is 11.2. The van der Waals surface area contributed by atoms with E-state index in [2.05, 4.69) is 0 Å². The highest BCUT2D eigenvalue weighted by molar-refractivity contribution is 5.26. The minimum absolute atomic E-state index is 0.158. The molecule has 0 atom stereocenters. The van der Waals surface area contributed by atoms with E-state index in [0.29, 0.717) is 12.8 Å². The molecular formula is C16H20O4. The fourth-order valence-corrected chi connectivity index (χ4v) is 1.58. The molecule has 0 aromatic heterocycles. The topological polar surface area (TPSA) is 80.9 Å². The Morgan fingerprint density at radius 2 is 0.850 bits per heavy atom. The van der Waals surface area contributed by atoms with Gasteiger partial charge < -0.3 is 20.4 Å². The third-order valence-electron chi connectivity index (χ3n) is 2.67. The Morgan fingerprint density at radius 3 is 1.10 bits per heavy atom. The Morgan fingerprint density at radius 1 is 0.550 bits per heavy atom. The maximum atomic E-state index is 8.86. The van der Waals surface area contributed by atoms with Gasteiger partial charge in [0.1, 0.15) is 11.5 Å². The molecule has 20 heavy (non-hydrogen) atoms. The molecule has 4 N–H and O–H groups in total. The van der Waals surface area contributed by atoms with Gasteiger partial charge in [-0.05, 0) is 48.2 Å². The van der Waals surface area contributed by atoms with Gasteiger partial charge in [0.2, 0.25) is 0 Å². The van der Waals surface area contributed by atoms with Crippen LogP contribution < -0.4 is 0 Å². The summed E-state index contributed by atoms with van der Waals surface area (Å²) in [6.07, 6.45) is 1.31. The molecular weight excluding hydrogens is 256 g/mol. The molecule has 0 saturated heterocycles. The van der Waals surface area contributed by atoms with Crippen molar-refractivity contribution in [2.24, 2.45) is 0 Å². The van der Waals surface area contributed by atoms with E-state index < -0.39 is 0 Å². The number of aliphatic hydroxyl groups excluding tert-OH is 2. The largest absolute Gasteiger partial charge is 0.508 e. The van der Waals surface area contributed by atoms with Crippen LogP contribution >= 0.6 is 0 Å². The summed E-state index contributed by atoms with van der Waals surface area (Å²) >= 11 is 0. The molecule has 0 radical (unpaired) electrons. The summed E-state index contributed by atoms with van der Waals surface area (Å²) in [5.41, 5.74) is 2.08. The molecule has 0 heterocycles. The van der Waals surface area contributed by atoms with Crippen molar-refractivity contribution in [1.29, 1.82) is 0 Å². The van der Waals surface area contributed by atoms with Crippen molar-refractivity contribution in [3.63, 3.8) is 0 Å². The van der Waals surface area contributed by atoms with Crippen LogP contribution in [-0.4, -0.2) is 33.6 Å². The van der Waals surface area contributed by atoms with E-state index in [0.717, 1.165) is 11.1 Å². The molecule has 0 amide bonds. The molecule has 0 bridgehead atoms. The highest BCUT2D eigenvalue weighted by Crippen LogP contribution is 2.10. The van der Waals surface area contributed by atoms with Crippen LogP contribution in [0.4, 0.5) is 0 Å². The van der Waals surface area contributed by atoms with Crippen molar-refractivity contribution in [2.45, 2.75) is 12.8 Å². The third kappa shape index (κ3) is 6.22. The third-order valence-corrected chi connectivity index (χ3v) is 2.67. The number of phenols is 2. The van der Waals surface area contributed by atoms with Gasteiger partial charge in [0, 0.05) is 13.2 Å². The number of rotatable bonds is 4. The summed E-state index contributed by atoms with van der Waals surface area (Å²) in [5.74, 6) is 0.531. The predicted octanol–water partition coefficient (Wildman–Crippen LogP) is 1.85. The fraction of sp³-hybridized carbons (Fsp3) is 0.250. The van der Waals surface area contributed by atoms with E-state index in [1.54, 1.807) is 48.5 Å². The van der Waals surface area contributed by atoms with Crippen LogP contribution in [0.15, 0.2) is 48.5 Å². The van der Waals surface area contributed by atoms with Gasteiger partial charge in [-0.25, -0.2) is 0 Å². The van der Waals surface area contributed by atoms with Crippen molar-refractivity contribution in [3.8, 4) is 11.5 Å². The van der Waals surface area contributed by atoms with Gasteiger partial charge in [0.05, 0.1) is 0 Å². The van der Waals surface area contributed by atoms with Crippen molar-refractivity contribution in [3.05, 3.63) is 59.7 Å². The second-order valence-corrected chi connectivity index (χ2v) is 4.28. The van der Waals surface area contributed by atoms with Crippen molar-refractivity contribution >= 4 is 0 Å². The maximum absolute atomic E-state index is 8.86. The number of benzene rings is 2. The van der Waals surface area contributed by atoms with Gasteiger partial charge in [-0.2, -0.15) is 0 Å². The van der Waals surface area contributed by atoms with Crippen LogP contribution in [0.25, 0.3) is 0 Å². The fourth-order valence-electron chi connectivity index (χ4n) is 1.58. The smallest absolute Gasteiger partial charge is 0.115 e. The number of aliphatic hydroxyl groups is 2. The SMILES string of the molecule is OCCc1ccc(O)cc1.OCCc1ccc(O)cc1. The van der Waals surface area contributed by atoms with E-state index in [1.807, 2.05) is 0 Å². The van der Waals surface area contributed by atoms with E-state index >= 15 is 0 Å². The number of phenolic OH excluding ortho intramolecular Hbond substituents is 2. The zero-order valence-electron chi connectivity index (χ0n) is 11.2. The van der Waals surface area contributed by atoms with Crippen molar-refractivity contribution < 1.29 is 20.4 Å². The molecule has 0 aliphatic carbocycles. The standard InChI is InChI=1S/2C8H10O2/c2*9-6-5-7-1-3-8(10)4-2-7/h2*1-4,9-10H,5-6H2. The molecule has 4 heteroatoms. The molecule has 0 saturated carbocycles. The summed E-state index contributed by atoms with van der Waals surface area (Å²) in [6.45, 7) is 0.315. The molecule has 2 aromatic carbocycles. The Bertz CT molecular complexity index is 429. The van der Waals surface area contributed by atoms with Gasteiger partial charge in [0.25, 0.3) is 0 Å². The highest BCUT2D eigenvalue weighted by Gasteiger charge is 1.90. The normalized spacial score (nSPS) is 9.70. The van der Waals surface area contributed by atoms with Crippen LogP contribution in [0.2, 0.25) is 0 Å². The molecule has 108 valence electrons. The van der Waals surface area contributed by atoms with Crippen LogP contribution in [0.1, 0.15) is 11.1 Å². The number of hydrogen-bond donors (Lipinski definition) is 4. The molecule has 0 spiro atoms. The molecule has 0 unspecified atom stereocenters. The van der Waals surface area contributed by atoms with E-state index in [9.17, 15) is 0 Å². The lowest BCUT2D eigenvalue weighted by Gasteiger charge is -1.96. The quantitative estimate of drug-likeness (QED) is 0.687. The molecule has 2 aromatic rings. The Labute approximate surface area is 118 Å². The highest BCUT2D eigenvalue weighted by atomic mass is 16.3. The Balaban J connectivity index is 0.000000200. The minimum Gasteiger partial charge on any atom is -0.508 e. The minimum atomic E-state index is 0.158. The van der Waals surface area contributed by atoms with Crippen molar-refractivity contribution in [1.82, 2.24) is 0 Å². The summed E-state index contributed by atoms with van der Waals surface area (Å²) in [4.78, 5) is 0. The van der Waals surface area contributed by atoms with Gasteiger partial charge >= 0.3 is 0 Å². The lowest BCUT2D eigenvalue weighted by Crippen LogP contribution is -1.88. The Hall–Kier alpha value is -2.04. The lowest BCUT2D eigenvalue weighted by molar-refractivity contribution is 0.299. The lowest BCUT2D eigenvalue weighted by atomic mass is 10.2. The van der Waals surface area contributed by atoms with Crippen molar-refractivity contribution in [2.75, 3.05) is 13.2 Å². The summed E-state index contributed by atoms with van der Waals surface area (Å²) in [5, 5.41) is 34.8. The molecule has 4 nitrogen and oxygen atoms in total.